The maximum atomic E-state index is 12.3. The molecule has 0 saturated carbocycles. The molecule has 0 spiro atoms. The van der Waals surface area contributed by atoms with Crippen LogP contribution in [0.2, 0.25) is 10.0 Å². The number of nitrogens with zero attached hydrogens (tertiary/aromatic N) is 2. The van der Waals surface area contributed by atoms with Crippen LogP contribution < -0.4 is 10.2 Å². The van der Waals surface area contributed by atoms with Crippen molar-refractivity contribution in [2.75, 3.05) is 42.9 Å². The molecule has 1 aliphatic heterocycles. The Morgan fingerprint density at radius 2 is 1.77 bits per heavy atom. The van der Waals surface area contributed by atoms with Gasteiger partial charge in [0.05, 0.1) is 17.3 Å². The van der Waals surface area contributed by atoms with E-state index in [0.29, 0.717) is 17.3 Å². The van der Waals surface area contributed by atoms with E-state index >= 15 is 0 Å². The lowest BCUT2D eigenvalue weighted by Gasteiger charge is -2.36. The number of carbonyl (C=O) groups excluding carboxylic acids is 1. The second-order valence-electron chi connectivity index (χ2n) is 6.73. The summed E-state index contributed by atoms with van der Waals surface area (Å²) in [6.45, 7) is 7.85. The van der Waals surface area contributed by atoms with Crippen molar-refractivity contribution in [3.05, 3.63) is 57.6 Å². The van der Waals surface area contributed by atoms with Crippen molar-refractivity contribution in [2.24, 2.45) is 0 Å². The fourth-order valence-corrected chi connectivity index (χ4v) is 3.63. The summed E-state index contributed by atoms with van der Waals surface area (Å²) in [5, 5.41) is 4.22. The molecule has 0 atom stereocenters. The highest BCUT2D eigenvalue weighted by Crippen LogP contribution is 2.25. The van der Waals surface area contributed by atoms with Gasteiger partial charge in [0.2, 0.25) is 5.91 Å². The average molecular weight is 392 g/mol. The summed E-state index contributed by atoms with van der Waals surface area (Å²) in [5.41, 5.74) is 4.12. The van der Waals surface area contributed by atoms with Crippen molar-refractivity contribution >= 4 is 40.5 Å². The Kier molecular flexibility index (Phi) is 6.07. The van der Waals surface area contributed by atoms with Crippen molar-refractivity contribution in [3.63, 3.8) is 0 Å². The first kappa shape index (κ1) is 19.0. The molecule has 138 valence electrons. The Bertz CT molecular complexity index is 802. The van der Waals surface area contributed by atoms with Crippen molar-refractivity contribution in [1.29, 1.82) is 0 Å². The van der Waals surface area contributed by atoms with E-state index in [1.54, 1.807) is 0 Å². The van der Waals surface area contributed by atoms with E-state index in [0.717, 1.165) is 36.8 Å². The number of nitrogens with one attached hydrogen (secondary N) is 1. The van der Waals surface area contributed by atoms with Gasteiger partial charge >= 0.3 is 0 Å². The Hall–Kier alpha value is -1.75. The monoisotopic (exact) mass is 391 g/mol. The Labute approximate surface area is 164 Å². The standard InChI is InChI=1S/C20H23Cl2N3O/c1-14-3-6-18(17(22)11-14)23-20(26)13-24-7-9-25(10-8-24)19-12-16(21)5-4-15(19)2/h3-6,11-12H,7-10,13H2,1-2H3,(H,23,26). The van der Waals surface area contributed by atoms with Crippen LogP contribution in [-0.2, 0) is 4.79 Å². The van der Waals surface area contributed by atoms with Gasteiger partial charge in [0.15, 0.2) is 0 Å². The van der Waals surface area contributed by atoms with Gasteiger partial charge in [-0.1, -0.05) is 35.3 Å². The van der Waals surface area contributed by atoms with Crippen molar-refractivity contribution in [1.82, 2.24) is 4.90 Å². The molecule has 6 heteroatoms. The smallest absolute Gasteiger partial charge is 0.238 e. The molecule has 1 saturated heterocycles. The topological polar surface area (TPSA) is 35.6 Å². The average Bonchev–Trinajstić information content (AvgIpc) is 2.60. The first-order chi connectivity index (χ1) is 12.4. The van der Waals surface area contributed by atoms with Crippen LogP contribution in [0.25, 0.3) is 0 Å². The minimum atomic E-state index is -0.0388. The molecule has 3 rings (SSSR count). The second kappa shape index (κ2) is 8.30. The van der Waals surface area contributed by atoms with E-state index in [9.17, 15) is 4.79 Å². The van der Waals surface area contributed by atoms with Gasteiger partial charge in [-0.3, -0.25) is 9.69 Å². The van der Waals surface area contributed by atoms with E-state index in [-0.39, 0.29) is 5.91 Å². The highest BCUT2D eigenvalue weighted by Gasteiger charge is 2.20. The second-order valence-corrected chi connectivity index (χ2v) is 7.57. The van der Waals surface area contributed by atoms with Crippen LogP contribution in [0.1, 0.15) is 11.1 Å². The molecule has 1 N–H and O–H groups in total. The highest BCUT2D eigenvalue weighted by atomic mass is 35.5. The molecule has 0 aliphatic carbocycles. The van der Waals surface area contributed by atoms with Crippen molar-refractivity contribution in [3.8, 4) is 0 Å². The molecule has 0 unspecified atom stereocenters. The van der Waals surface area contributed by atoms with Gasteiger partial charge in [-0.2, -0.15) is 0 Å². The molecule has 26 heavy (non-hydrogen) atoms. The third-order valence-corrected chi connectivity index (χ3v) is 5.20. The number of benzene rings is 2. The third kappa shape index (κ3) is 4.70. The molecule has 2 aromatic carbocycles. The van der Waals surface area contributed by atoms with Crippen LogP contribution in [0.15, 0.2) is 36.4 Å². The van der Waals surface area contributed by atoms with Gasteiger partial charge in [0.25, 0.3) is 0 Å². The van der Waals surface area contributed by atoms with Crippen LogP contribution in [0, 0.1) is 13.8 Å². The van der Waals surface area contributed by atoms with Crippen molar-refractivity contribution in [2.45, 2.75) is 13.8 Å². The predicted molar refractivity (Wildman–Crippen MR) is 110 cm³/mol. The zero-order valence-corrected chi connectivity index (χ0v) is 16.6. The Morgan fingerprint density at radius 3 is 2.46 bits per heavy atom. The molecule has 0 aromatic heterocycles. The fraction of sp³-hybridized carbons (Fsp3) is 0.350. The summed E-state index contributed by atoms with van der Waals surface area (Å²) in [6, 6.07) is 11.6. The van der Waals surface area contributed by atoms with Crippen LogP contribution in [0.5, 0.6) is 0 Å². The number of halogens is 2. The van der Waals surface area contributed by atoms with Crippen LogP contribution in [0.3, 0.4) is 0 Å². The Balaban J connectivity index is 1.53. The molecule has 1 heterocycles. The molecule has 1 amide bonds. The fourth-order valence-electron chi connectivity index (χ4n) is 3.18. The van der Waals surface area contributed by atoms with E-state index in [1.807, 2.05) is 43.3 Å². The largest absolute Gasteiger partial charge is 0.369 e. The number of anilines is 2. The lowest BCUT2D eigenvalue weighted by molar-refractivity contribution is -0.117. The SMILES string of the molecule is Cc1ccc(NC(=O)CN2CCN(c3cc(Cl)ccc3C)CC2)c(Cl)c1. The van der Waals surface area contributed by atoms with Gasteiger partial charge < -0.3 is 10.2 Å². The zero-order valence-electron chi connectivity index (χ0n) is 15.1. The van der Waals surface area contributed by atoms with Gasteiger partial charge in [0, 0.05) is 36.9 Å². The van der Waals surface area contributed by atoms with Crippen LogP contribution >= 0.6 is 23.2 Å². The Morgan fingerprint density at radius 1 is 1.04 bits per heavy atom. The molecular formula is C20H23Cl2N3O. The number of hydrogen-bond donors (Lipinski definition) is 1. The highest BCUT2D eigenvalue weighted by molar-refractivity contribution is 6.33. The van der Waals surface area contributed by atoms with Gasteiger partial charge in [-0.25, -0.2) is 0 Å². The summed E-state index contributed by atoms with van der Waals surface area (Å²) in [6.07, 6.45) is 0. The van der Waals surface area contributed by atoms with Gasteiger partial charge in [-0.15, -0.1) is 0 Å². The third-order valence-electron chi connectivity index (χ3n) is 4.65. The first-order valence-corrected chi connectivity index (χ1v) is 9.47. The normalized spacial score (nSPS) is 15.2. The van der Waals surface area contributed by atoms with Gasteiger partial charge in [-0.05, 0) is 49.2 Å². The van der Waals surface area contributed by atoms with Crippen LogP contribution in [0.4, 0.5) is 11.4 Å². The summed E-state index contributed by atoms with van der Waals surface area (Å²) in [4.78, 5) is 16.8. The summed E-state index contributed by atoms with van der Waals surface area (Å²) in [7, 11) is 0. The van der Waals surface area contributed by atoms with E-state index in [2.05, 4.69) is 22.0 Å². The number of carbonyl (C=O) groups is 1. The predicted octanol–water partition coefficient (Wildman–Crippen LogP) is 4.37. The zero-order chi connectivity index (χ0) is 18.7. The number of amides is 1. The van der Waals surface area contributed by atoms with E-state index in [1.165, 1.54) is 11.3 Å². The van der Waals surface area contributed by atoms with Crippen LogP contribution in [-0.4, -0.2) is 43.5 Å². The maximum Gasteiger partial charge on any atom is 0.238 e. The molecular weight excluding hydrogens is 369 g/mol. The first-order valence-electron chi connectivity index (χ1n) is 8.72. The van der Waals surface area contributed by atoms with E-state index in [4.69, 9.17) is 23.2 Å². The lowest BCUT2D eigenvalue weighted by atomic mass is 10.1. The molecule has 0 bridgehead atoms. The molecule has 0 radical (unpaired) electrons. The quantitative estimate of drug-likeness (QED) is 0.839. The minimum Gasteiger partial charge on any atom is -0.369 e. The number of aryl methyl sites for hydroxylation is 2. The molecule has 2 aromatic rings. The molecule has 4 nitrogen and oxygen atoms in total. The summed E-state index contributed by atoms with van der Waals surface area (Å²) in [5.74, 6) is -0.0388. The van der Waals surface area contributed by atoms with Crippen molar-refractivity contribution < 1.29 is 4.79 Å². The molecule has 1 fully saturated rings. The van der Waals surface area contributed by atoms with E-state index < -0.39 is 0 Å². The minimum absolute atomic E-state index is 0.0388. The number of piperazine rings is 1. The number of hydrogen-bond acceptors (Lipinski definition) is 3. The summed E-state index contributed by atoms with van der Waals surface area (Å²) < 4.78 is 0. The lowest BCUT2D eigenvalue weighted by Crippen LogP contribution is -2.48. The van der Waals surface area contributed by atoms with Gasteiger partial charge in [0.1, 0.15) is 0 Å². The summed E-state index contributed by atoms with van der Waals surface area (Å²) >= 11 is 12.3. The molecule has 1 aliphatic rings. The number of rotatable bonds is 4. The maximum absolute atomic E-state index is 12.3.